The molecule has 3 heteroatoms. The van der Waals surface area contributed by atoms with Crippen LogP contribution in [0.3, 0.4) is 0 Å². The molecule has 0 atom stereocenters. The number of nitrogens with zero attached hydrogens (tertiary/aromatic N) is 1. The molecule has 0 unspecified atom stereocenters. The predicted octanol–water partition coefficient (Wildman–Crippen LogP) is 4.44. The third-order valence-corrected chi connectivity index (χ3v) is 3.41. The molecule has 19 heavy (non-hydrogen) atoms. The lowest BCUT2D eigenvalue weighted by Gasteiger charge is -2.11. The van der Waals surface area contributed by atoms with Gasteiger partial charge in [-0.2, -0.15) is 5.26 Å². The summed E-state index contributed by atoms with van der Waals surface area (Å²) in [6.45, 7) is 4.55. The van der Waals surface area contributed by atoms with Crippen LogP contribution in [0, 0.1) is 25.2 Å². The second kappa shape index (κ2) is 5.77. The fourth-order valence-electron chi connectivity index (χ4n) is 1.95. The van der Waals surface area contributed by atoms with Gasteiger partial charge in [0.05, 0.1) is 11.3 Å². The molecule has 0 spiro atoms. The molecule has 2 nitrogen and oxygen atoms in total. The van der Waals surface area contributed by atoms with Crippen LogP contribution in [-0.2, 0) is 6.54 Å². The standard InChI is InChI=1S/C16H15ClN2/c1-11-6-7-13(15(17)8-11)10-19-16-5-3-4-12(2)14(16)9-18/h3-8,19H,10H2,1-2H3. The summed E-state index contributed by atoms with van der Waals surface area (Å²) < 4.78 is 0. The van der Waals surface area contributed by atoms with E-state index in [1.807, 2.05) is 50.2 Å². The van der Waals surface area contributed by atoms with Crippen LogP contribution in [0.15, 0.2) is 36.4 Å². The summed E-state index contributed by atoms with van der Waals surface area (Å²) >= 11 is 6.20. The molecule has 0 aliphatic rings. The zero-order chi connectivity index (χ0) is 13.8. The van der Waals surface area contributed by atoms with E-state index in [2.05, 4.69) is 11.4 Å². The van der Waals surface area contributed by atoms with E-state index in [0.29, 0.717) is 12.1 Å². The Labute approximate surface area is 118 Å². The number of benzene rings is 2. The third kappa shape index (κ3) is 3.07. The number of halogens is 1. The first kappa shape index (κ1) is 13.5. The predicted molar refractivity (Wildman–Crippen MR) is 79.4 cm³/mol. The summed E-state index contributed by atoms with van der Waals surface area (Å²) in [5.41, 5.74) is 4.67. The van der Waals surface area contributed by atoms with Crippen LogP contribution in [0.2, 0.25) is 5.02 Å². The third-order valence-electron chi connectivity index (χ3n) is 3.06. The Balaban J connectivity index is 2.20. The van der Waals surface area contributed by atoms with Gasteiger partial charge in [-0.25, -0.2) is 0 Å². The van der Waals surface area contributed by atoms with Crippen molar-refractivity contribution in [1.29, 1.82) is 5.26 Å². The summed E-state index contributed by atoms with van der Waals surface area (Å²) in [5, 5.41) is 13.2. The molecule has 96 valence electrons. The summed E-state index contributed by atoms with van der Waals surface area (Å²) in [7, 11) is 0. The van der Waals surface area contributed by atoms with Crippen LogP contribution in [-0.4, -0.2) is 0 Å². The van der Waals surface area contributed by atoms with E-state index < -0.39 is 0 Å². The van der Waals surface area contributed by atoms with Crippen LogP contribution in [0.5, 0.6) is 0 Å². The van der Waals surface area contributed by atoms with E-state index in [4.69, 9.17) is 11.6 Å². The van der Waals surface area contributed by atoms with Gasteiger partial charge in [0.15, 0.2) is 0 Å². The molecule has 0 heterocycles. The van der Waals surface area contributed by atoms with Gasteiger partial charge in [0.25, 0.3) is 0 Å². The number of hydrogen-bond acceptors (Lipinski definition) is 2. The molecule has 2 aromatic rings. The molecule has 0 fully saturated rings. The molecule has 0 bridgehead atoms. The highest BCUT2D eigenvalue weighted by Crippen LogP contribution is 2.22. The fourth-order valence-corrected chi connectivity index (χ4v) is 2.25. The molecular weight excluding hydrogens is 256 g/mol. The van der Waals surface area contributed by atoms with E-state index in [9.17, 15) is 5.26 Å². The maximum absolute atomic E-state index is 9.17. The quantitative estimate of drug-likeness (QED) is 0.895. The maximum Gasteiger partial charge on any atom is 0.102 e. The average molecular weight is 271 g/mol. The first-order chi connectivity index (χ1) is 9.11. The Kier molecular flexibility index (Phi) is 4.09. The second-order valence-corrected chi connectivity index (χ2v) is 4.96. The van der Waals surface area contributed by atoms with Gasteiger partial charge in [-0.05, 0) is 42.7 Å². The average Bonchev–Trinajstić information content (AvgIpc) is 2.38. The zero-order valence-electron chi connectivity index (χ0n) is 11.0. The van der Waals surface area contributed by atoms with E-state index >= 15 is 0 Å². The lowest BCUT2D eigenvalue weighted by atomic mass is 10.1. The van der Waals surface area contributed by atoms with E-state index in [1.54, 1.807) is 0 Å². The molecule has 2 rings (SSSR count). The molecule has 0 saturated heterocycles. The van der Waals surface area contributed by atoms with Crippen LogP contribution in [0.1, 0.15) is 22.3 Å². The Morgan fingerprint density at radius 3 is 2.68 bits per heavy atom. The molecule has 0 radical (unpaired) electrons. The lowest BCUT2D eigenvalue weighted by molar-refractivity contribution is 1.14. The number of nitriles is 1. The van der Waals surface area contributed by atoms with Crippen molar-refractivity contribution in [1.82, 2.24) is 0 Å². The smallest absolute Gasteiger partial charge is 0.102 e. The summed E-state index contributed by atoms with van der Waals surface area (Å²) in [5.74, 6) is 0. The van der Waals surface area contributed by atoms with Gasteiger partial charge in [0.2, 0.25) is 0 Å². The Morgan fingerprint density at radius 2 is 2.00 bits per heavy atom. The van der Waals surface area contributed by atoms with Crippen molar-refractivity contribution < 1.29 is 0 Å². The summed E-state index contributed by atoms with van der Waals surface area (Å²) in [6.07, 6.45) is 0. The highest BCUT2D eigenvalue weighted by atomic mass is 35.5. The molecule has 0 amide bonds. The first-order valence-electron chi connectivity index (χ1n) is 6.10. The SMILES string of the molecule is Cc1ccc(CNc2cccc(C)c2C#N)c(Cl)c1. The van der Waals surface area contributed by atoms with Crippen LogP contribution in [0.25, 0.3) is 0 Å². The Bertz CT molecular complexity index is 642. The monoisotopic (exact) mass is 270 g/mol. The molecule has 1 N–H and O–H groups in total. The number of nitrogens with one attached hydrogen (secondary N) is 1. The molecule has 0 aromatic heterocycles. The molecule has 2 aromatic carbocycles. The van der Waals surface area contributed by atoms with Gasteiger partial charge >= 0.3 is 0 Å². The van der Waals surface area contributed by atoms with Crippen LogP contribution in [0.4, 0.5) is 5.69 Å². The molecule has 0 saturated carbocycles. The van der Waals surface area contributed by atoms with Crippen molar-refractivity contribution in [2.24, 2.45) is 0 Å². The minimum atomic E-state index is 0.608. The number of rotatable bonds is 3. The number of hydrogen-bond donors (Lipinski definition) is 1. The van der Waals surface area contributed by atoms with Crippen molar-refractivity contribution in [3.8, 4) is 6.07 Å². The van der Waals surface area contributed by atoms with Gasteiger partial charge in [-0.15, -0.1) is 0 Å². The van der Waals surface area contributed by atoms with Crippen molar-refractivity contribution >= 4 is 17.3 Å². The van der Waals surface area contributed by atoms with E-state index in [1.165, 1.54) is 0 Å². The number of anilines is 1. The van der Waals surface area contributed by atoms with E-state index in [-0.39, 0.29) is 0 Å². The summed E-state index contributed by atoms with van der Waals surface area (Å²) in [4.78, 5) is 0. The Morgan fingerprint density at radius 1 is 1.21 bits per heavy atom. The minimum absolute atomic E-state index is 0.608. The highest BCUT2D eigenvalue weighted by Gasteiger charge is 2.05. The largest absolute Gasteiger partial charge is 0.380 e. The van der Waals surface area contributed by atoms with E-state index in [0.717, 1.165) is 27.4 Å². The van der Waals surface area contributed by atoms with Crippen molar-refractivity contribution in [3.05, 3.63) is 63.7 Å². The maximum atomic E-state index is 9.17. The van der Waals surface area contributed by atoms with Gasteiger partial charge in [-0.3, -0.25) is 0 Å². The summed E-state index contributed by atoms with van der Waals surface area (Å²) in [6, 6.07) is 14.0. The first-order valence-corrected chi connectivity index (χ1v) is 6.48. The van der Waals surface area contributed by atoms with Gasteiger partial charge in [-0.1, -0.05) is 35.9 Å². The Hall–Kier alpha value is -1.98. The highest BCUT2D eigenvalue weighted by molar-refractivity contribution is 6.31. The topological polar surface area (TPSA) is 35.8 Å². The second-order valence-electron chi connectivity index (χ2n) is 4.56. The number of aryl methyl sites for hydroxylation is 2. The van der Waals surface area contributed by atoms with Crippen molar-refractivity contribution in [2.75, 3.05) is 5.32 Å². The zero-order valence-corrected chi connectivity index (χ0v) is 11.8. The van der Waals surface area contributed by atoms with Crippen LogP contribution < -0.4 is 5.32 Å². The van der Waals surface area contributed by atoms with Gasteiger partial charge in [0, 0.05) is 11.6 Å². The van der Waals surface area contributed by atoms with Crippen molar-refractivity contribution in [2.45, 2.75) is 20.4 Å². The lowest BCUT2D eigenvalue weighted by Crippen LogP contribution is -2.02. The normalized spacial score (nSPS) is 10.0. The van der Waals surface area contributed by atoms with Crippen molar-refractivity contribution in [3.63, 3.8) is 0 Å². The molecule has 0 aliphatic carbocycles. The molecule has 0 aliphatic heterocycles. The molecular formula is C16H15ClN2. The van der Waals surface area contributed by atoms with Gasteiger partial charge < -0.3 is 5.32 Å². The van der Waals surface area contributed by atoms with Crippen LogP contribution >= 0.6 is 11.6 Å². The fraction of sp³-hybridized carbons (Fsp3) is 0.188. The van der Waals surface area contributed by atoms with Gasteiger partial charge in [0.1, 0.15) is 6.07 Å². The minimum Gasteiger partial charge on any atom is -0.380 e.